The van der Waals surface area contributed by atoms with Gasteiger partial charge in [-0.2, -0.15) is 0 Å². The van der Waals surface area contributed by atoms with Crippen molar-refractivity contribution in [3.63, 3.8) is 0 Å². The Morgan fingerprint density at radius 2 is 2.38 bits per heavy atom. The van der Waals surface area contributed by atoms with E-state index >= 15 is 0 Å². The lowest BCUT2D eigenvalue weighted by Crippen LogP contribution is -2.52. The summed E-state index contributed by atoms with van der Waals surface area (Å²) < 4.78 is 0. The van der Waals surface area contributed by atoms with Gasteiger partial charge in [-0.3, -0.25) is 5.32 Å². The van der Waals surface area contributed by atoms with Crippen LogP contribution in [0.4, 0.5) is 0 Å². The quantitative estimate of drug-likeness (QED) is 0.567. The summed E-state index contributed by atoms with van der Waals surface area (Å²) in [5.41, 5.74) is 7.91. The molecule has 1 aromatic rings. The predicted molar refractivity (Wildman–Crippen MR) is 64.0 cm³/mol. The summed E-state index contributed by atoms with van der Waals surface area (Å²) in [6.07, 6.45) is 1.87. The Morgan fingerprint density at radius 1 is 1.56 bits per heavy atom. The minimum absolute atomic E-state index is 0.0349. The van der Waals surface area contributed by atoms with E-state index in [0.29, 0.717) is 18.5 Å². The first kappa shape index (κ1) is 10.5. The number of nitrogens with one attached hydrogen (secondary N) is 3. The molecule has 0 aromatic carbocycles. The molecule has 1 aliphatic rings. The topological polar surface area (TPSA) is 90.6 Å². The van der Waals surface area contributed by atoms with Crippen LogP contribution in [-0.4, -0.2) is 23.1 Å². The van der Waals surface area contributed by atoms with Crippen molar-refractivity contribution in [1.82, 2.24) is 15.6 Å². The Morgan fingerprint density at radius 3 is 3.00 bits per heavy atom. The first-order valence-electron chi connectivity index (χ1n) is 5.19. The van der Waals surface area contributed by atoms with Crippen LogP contribution < -0.4 is 16.4 Å². The molecular weight excluding hydrogens is 204 g/mol. The number of guanidine groups is 2. The van der Waals surface area contributed by atoms with Crippen LogP contribution in [0.5, 0.6) is 0 Å². The molecule has 1 atom stereocenters. The molecule has 2 rings (SSSR count). The third-order valence-corrected chi connectivity index (χ3v) is 2.40. The van der Waals surface area contributed by atoms with Crippen molar-refractivity contribution in [2.45, 2.75) is 26.6 Å². The molecule has 16 heavy (non-hydrogen) atoms. The number of hydrogen-bond acceptors (Lipinski definition) is 3. The Kier molecular flexibility index (Phi) is 2.80. The van der Waals surface area contributed by atoms with E-state index < -0.39 is 0 Å². The molecule has 0 fully saturated rings. The molecule has 1 unspecified atom stereocenters. The number of aliphatic imine (C=N–C) groups is 2. The van der Waals surface area contributed by atoms with Gasteiger partial charge in [0.2, 0.25) is 0 Å². The average molecular weight is 220 g/mol. The molecule has 0 radical (unpaired) electrons. The number of aryl methyl sites for hydroxylation is 1. The van der Waals surface area contributed by atoms with Crippen molar-refractivity contribution < 1.29 is 0 Å². The molecule has 1 aromatic heterocycles. The Bertz CT molecular complexity index is 430. The minimum atomic E-state index is -0.0349. The largest absolute Gasteiger partial charge is 0.370 e. The zero-order valence-corrected chi connectivity index (χ0v) is 9.41. The molecular formula is C10H16N6. The highest BCUT2D eigenvalue weighted by molar-refractivity contribution is 5.99. The van der Waals surface area contributed by atoms with Crippen LogP contribution in [0.1, 0.15) is 18.2 Å². The molecule has 0 spiro atoms. The molecule has 0 amide bonds. The first-order chi connectivity index (χ1) is 7.65. The monoisotopic (exact) mass is 220 g/mol. The summed E-state index contributed by atoms with van der Waals surface area (Å²) in [7, 11) is 0. The maximum atomic E-state index is 5.61. The smallest absolute Gasteiger partial charge is 0.200 e. The predicted octanol–water partition coefficient (Wildman–Crippen LogP) is 0.0326. The summed E-state index contributed by atoms with van der Waals surface area (Å²) in [4.78, 5) is 11.6. The summed E-state index contributed by atoms with van der Waals surface area (Å²) in [6, 6.07) is 2.02. The lowest BCUT2D eigenvalue weighted by molar-refractivity contribution is 0.663. The molecule has 0 bridgehead atoms. The Balaban J connectivity index is 2.04. The molecule has 1 aliphatic heterocycles. The lowest BCUT2D eigenvalue weighted by Gasteiger charge is -2.20. The second-order valence-electron chi connectivity index (χ2n) is 3.75. The van der Waals surface area contributed by atoms with Crippen LogP contribution in [0, 0.1) is 6.92 Å². The van der Waals surface area contributed by atoms with E-state index in [0.717, 1.165) is 5.69 Å². The Hall–Kier alpha value is -1.98. The van der Waals surface area contributed by atoms with E-state index in [4.69, 9.17) is 5.73 Å². The highest BCUT2D eigenvalue weighted by Crippen LogP contribution is 2.06. The standard InChI is InChI=1S/C10H16N6/c1-6-8(3-4-12-6)5-13-10-15-7(2)14-9(11)16-10/h3-4,7,12H,5H2,1-2H3,(H4,11,13,14,15,16). The van der Waals surface area contributed by atoms with Crippen LogP contribution in [0.15, 0.2) is 22.2 Å². The van der Waals surface area contributed by atoms with Crippen LogP contribution in [0.3, 0.4) is 0 Å². The maximum absolute atomic E-state index is 5.61. The van der Waals surface area contributed by atoms with E-state index in [1.165, 1.54) is 5.56 Å². The van der Waals surface area contributed by atoms with Gasteiger partial charge in [0, 0.05) is 11.9 Å². The zero-order valence-electron chi connectivity index (χ0n) is 9.41. The number of aromatic amines is 1. The number of aromatic nitrogens is 1. The highest BCUT2D eigenvalue weighted by atomic mass is 15.3. The summed E-state index contributed by atoms with van der Waals surface area (Å²) in [5.74, 6) is 1.07. The SMILES string of the molecule is Cc1[nH]ccc1CN=C1NC(N)=NC(C)N1. The fraction of sp³-hybridized carbons (Fsp3) is 0.400. The molecule has 5 N–H and O–H groups in total. The number of H-pyrrole nitrogens is 1. The summed E-state index contributed by atoms with van der Waals surface area (Å²) >= 11 is 0. The first-order valence-corrected chi connectivity index (χ1v) is 5.19. The molecule has 86 valence electrons. The fourth-order valence-electron chi connectivity index (χ4n) is 1.53. The van der Waals surface area contributed by atoms with Crippen molar-refractivity contribution in [1.29, 1.82) is 0 Å². The van der Waals surface area contributed by atoms with Gasteiger partial charge in [-0.05, 0) is 25.5 Å². The molecule has 0 aliphatic carbocycles. The molecule has 2 heterocycles. The molecule has 6 nitrogen and oxygen atoms in total. The second-order valence-corrected chi connectivity index (χ2v) is 3.75. The van der Waals surface area contributed by atoms with Crippen molar-refractivity contribution in [3.8, 4) is 0 Å². The van der Waals surface area contributed by atoms with E-state index in [9.17, 15) is 0 Å². The highest BCUT2D eigenvalue weighted by Gasteiger charge is 2.11. The van der Waals surface area contributed by atoms with Gasteiger partial charge in [0.15, 0.2) is 11.9 Å². The van der Waals surface area contributed by atoms with Crippen molar-refractivity contribution >= 4 is 11.9 Å². The second kappa shape index (κ2) is 4.26. The number of hydrogen-bond donors (Lipinski definition) is 4. The van der Waals surface area contributed by atoms with E-state index in [1.807, 2.05) is 26.1 Å². The van der Waals surface area contributed by atoms with Crippen LogP contribution in [0.2, 0.25) is 0 Å². The van der Waals surface area contributed by atoms with E-state index in [-0.39, 0.29) is 6.17 Å². The van der Waals surface area contributed by atoms with Gasteiger partial charge in [0.05, 0.1) is 6.54 Å². The van der Waals surface area contributed by atoms with Gasteiger partial charge in [-0.25, -0.2) is 9.98 Å². The van der Waals surface area contributed by atoms with Crippen molar-refractivity contribution in [2.24, 2.45) is 15.7 Å². The van der Waals surface area contributed by atoms with Crippen molar-refractivity contribution in [2.75, 3.05) is 0 Å². The number of nitrogens with zero attached hydrogens (tertiary/aromatic N) is 2. The van der Waals surface area contributed by atoms with Crippen LogP contribution in [0.25, 0.3) is 0 Å². The van der Waals surface area contributed by atoms with Gasteiger partial charge in [0.25, 0.3) is 0 Å². The van der Waals surface area contributed by atoms with Gasteiger partial charge in [-0.15, -0.1) is 0 Å². The summed E-state index contributed by atoms with van der Waals surface area (Å²) in [6.45, 7) is 4.56. The van der Waals surface area contributed by atoms with E-state index in [2.05, 4.69) is 25.6 Å². The van der Waals surface area contributed by atoms with E-state index in [1.54, 1.807) is 0 Å². The van der Waals surface area contributed by atoms with Gasteiger partial charge < -0.3 is 16.0 Å². The third kappa shape index (κ3) is 2.33. The van der Waals surface area contributed by atoms with Gasteiger partial charge >= 0.3 is 0 Å². The Labute approximate surface area is 94.1 Å². The maximum Gasteiger partial charge on any atom is 0.200 e. The normalized spacial score (nSPS) is 22.5. The van der Waals surface area contributed by atoms with Crippen molar-refractivity contribution in [3.05, 3.63) is 23.5 Å². The molecule has 0 saturated carbocycles. The third-order valence-electron chi connectivity index (χ3n) is 2.40. The number of rotatable bonds is 2. The minimum Gasteiger partial charge on any atom is -0.370 e. The number of nitrogens with two attached hydrogens (primary N) is 1. The fourth-order valence-corrected chi connectivity index (χ4v) is 1.53. The average Bonchev–Trinajstić information content (AvgIpc) is 2.59. The summed E-state index contributed by atoms with van der Waals surface area (Å²) in [5, 5.41) is 5.97. The van der Waals surface area contributed by atoms with Crippen LogP contribution >= 0.6 is 0 Å². The van der Waals surface area contributed by atoms with Crippen LogP contribution in [-0.2, 0) is 6.54 Å². The molecule has 6 heteroatoms. The zero-order chi connectivity index (χ0) is 11.5. The van der Waals surface area contributed by atoms with Gasteiger partial charge in [0.1, 0.15) is 6.17 Å². The van der Waals surface area contributed by atoms with Gasteiger partial charge in [-0.1, -0.05) is 0 Å². The lowest BCUT2D eigenvalue weighted by atomic mass is 10.2. The molecule has 0 saturated heterocycles.